The van der Waals surface area contributed by atoms with Gasteiger partial charge in [-0.2, -0.15) is 11.3 Å². The summed E-state index contributed by atoms with van der Waals surface area (Å²) in [5, 5.41) is 8.74. The van der Waals surface area contributed by atoms with Gasteiger partial charge in [-0.15, -0.1) is 11.3 Å². The van der Waals surface area contributed by atoms with Crippen molar-refractivity contribution in [3.05, 3.63) is 51.3 Å². The van der Waals surface area contributed by atoms with Crippen molar-refractivity contribution in [2.45, 2.75) is 13.8 Å². The van der Waals surface area contributed by atoms with Gasteiger partial charge in [0, 0.05) is 23.2 Å². The number of Topliss-reactive ketones (excluding diaryl/α,β-unsaturated/α-hetero) is 1. The van der Waals surface area contributed by atoms with Crippen molar-refractivity contribution in [2.24, 2.45) is 0 Å². The molecule has 0 spiro atoms. The Morgan fingerprint density at radius 3 is 2.57 bits per heavy atom. The molecule has 3 aromatic rings. The molecule has 0 aliphatic rings. The van der Waals surface area contributed by atoms with Crippen LogP contribution in [0.2, 0.25) is 0 Å². The zero-order valence-electron chi connectivity index (χ0n) is 12.5. The highest BCUT2D eigenvalue weighted by Gasteiger charge is 2.14. The van der Waals surface area contributed by atoms with Gasteiger partial charge < -0.3 is 0 Å². The van der Waals surface area contributed by atoms with Crippen LogP contribution in [0.15, 0.2) is 34.3 Å². The summed E-state index contributed by atoms with van der Waals surface area (Å²) in [5.74, 6) is -0.406. The number of aryl methyl sites for hydroxylation is 1. The monoisotopic (exact) mass is 343 g/mol. The number of thiazole rings is 1. The minimum Gasteiger partial charge on any atom is -0.298 e. The quantitative estimate of drug-likeness (QED) is 0.726. The van der Waals surface area contributed by atoms with Crippen LogP contribution in [-0.4, -0.2) is 21.7 Å². The number of rotatable bonds is 4. The maximum atomic E-state index is 12.3. The molecule has 0 saturated heterocycles. The van der Waals surface area contributed by atoms with E-state index in [2.05, 4.69) is 15.3 Å². The van der Waals surface area contributed by atoms with Gasteiger partial charge in [0.25, 0.3) is 5.91 Å². The van der Waals surface area contributed by atoms with Crippen LogP contribution >= 0.6 is 22.7 Å². The Kier molecular flexibility index (Phi) is 4.31. The normalized spacial score (nSPS) is 10.5. The summed E-state index contributed by atoms with van der Waals surface area (Å²) in [7, 11) is 0. The summed E-state index contributed by atoms with van der Waals surface area (Å²) in [5.41, 5.74) is 3.37. The standard InChI is InChI=1S/C16H13N3O2S2/c1-9-12(3-4-13(17-9)11-5-6-22-7-11)15(21)19-16-18-14(8-23-16)10(2)20/h3-8H,1-2H3,(H,18,19,21). The summed E-state index contributed by atoms with van der Waals surface area (Å²) in [4.78, 5) is 32.2. The Morgan fingerprint density at radius 1 is 1.13 bits per heavy atom. The van der Waals surface area contributed by atoms with Crippen LogP contribution in [0, 0.1) is 6.92 Å². The predicted octanol–water partition coefficient (Wildman–Crippen LogP) is 4.03. The molecule has 7 heteroatoms. The molecule has 0 radical (unpaired) electrons. The molecule has 23 heavy (non-hydrogen) atoms. The van der Waals surface area contributed by atoms with Gasteiger partial charge in [0.1, 0.15) is 5.69 Å². The number of aromatic nitrogens is 2. The lowest BCUT2D eigenvalue weighted by Crippen LogP contribution is -2.14. The third-order valence-electron chi connectivity index (χ3n) is 3.23. The molecule has 1 N–H and O–H groups in total. The van der Waals surface area contributed by atoms with Crippen LogP contribution in [0.3, 0.4) is 0 Å². The molecule has 0 atom stereocenters. The van der Waals surface area contributed by atoms with E-state index in [0.717, 1.165) is 11.3 Å². The highest BCUT2D eigenvalue weighted by atomic mass is 32.1. The Hall–Kier alpha value is -2.38. The molecule has 0 aromatic carbocycles. The molecule has 116 valence electrons. The first kappa shape index (κ1) is 15.5. The van der Waals surface area contributed by atoms with Gasteiger partial charge in [-0.3, -0.25) is 19.9 Å². The highest BCUT2D eigenvalue weighted by Crippen LogP contribution is 2.22. The fraction of sp³-hybridized carbons (Fsp3) is 0.125. The van der Waals surface area contributed by atoms with Crippen molar-refractivity contribution in [1.82, 2.24) is 9.97 Å². The molecular formula is C16H13N3O2S2. The van der Waals surface area contributed by atoms with E-state index in [1.165, 1.54) is 18.3 Å². The largest absolute Gasteiger partial charge is 0.298 e. The van der Waals surface area contributed by atoms with Gasteiger partial charge in [0.2, 0.25) is 0 Å². The minimum absolute atomic E-state index is 0.125. The van der Waals surface area contributed by atoms with E-state index in [9.17, 15) is 9.59 Å². The number of nitrogens with zero attached hydrogens (tertiary/aromatic N) is 2. The number of anilines is 1. The van der Waals surface area contributed by atoms with E-state index >= 15 is 0 Å². The summed E-state index contributed by atoms with van der Waals surface area (Å²) >= 11 is 2.83. The van der Waals surface area contributed by atoms with Crippen molar-refractivity contribution in [3.63, 3.8) is 0 Å². The van der Waals surface area contributed by atoms with Crippen molar-refractivity contribution < 1.29 is 9.59 Å². The number of nitrogens with one attached hydrogen (secondary N) is 1. The summed E-state index contributed by atoms with van der Waals surface area (Å²) in [6, 6.07) is 5.57. The molecule has 3 aromatic heterocycles. The van der Waals surface area contributed by atoms with Crippen LogP contribution < -0.4 is 5.32 Å². The van der Waals surface area contributed by atoms with Crippen molar-refractivity contribution >= 4 is 39.5 Å². The van der Waals surface area contributed by atoms with Gasteiger partial charge in [-0.1, -0.05) is 0 Å². The first-order valence-corrected chi connectivity index (χ1v) is 8.65. The molecule has 1 amide bonds. The van der Waals surface area contributed by atoms with Crippen molar-refractivity contribution in [2.75, 3.05) is 5.32 Å². The average Bonchev–Trinajstić information content (AvgIpc) is 3.18. The fourth-order valence-corrected chi connectivity index (χ4v) is 3.42. The molecule has 0 fully saturated rings. The molecule has 0 saturated carbocycles. The number of pyridine rings is 1. The number of carbonyl (C=O) groups is 2. The lowest BCUT2D eigenvalue weighted by Gasteiger charge is -2.06. The Bertz CT molecular complexity index is 869. The summed E-state index contributed by atoms with van der Waals surface area (Å²) in [6.45, 7) is 3.24. The van der Waals surface area contributed by atoms with Gasteiger partial charge in [-0.05, 0) is 30.5 Å². The zero-order valence-corrected chi connectivity index (χ0v) is 14.1. The third kappa shape index (κ3) is 3.35. The van der Waals surface area contributed by atoms with Crippen LogP contribution in [-0.2, 0) is 0 Å². The number of thiophene rings is 1. The smallest absolute Gasteiger partial charge is 0.259 e. The van der Waals surface area contributed by atoms with Crippen LogP contribution in [0.4, 0.5) is 5.13 Å². The number of carbonyl (C=O) groups excluding carboxylic acids is 2. The number of ketones is 1. The lowest BCUT2D eigenvalue weighted by molar-refractivity contribution is 0.100. The second-order valence-corrected chi connectivity index (χ2v) is 6.53. The maximum absolute atomic E-state index is 12.3. The Morgan fingerprint density at radius 2 is 1.96 bits per heavy atom. The van der Waals surface area contributed by atoms with E-state index in [-0.39, 0.29) is 11.7 Å². The second-order valence-electron chi connectivity index (χ2n) is 4.89. The van der Waals surface area contributed by atoms with Gasteiger partial charge in [0.15, 0.2) is 10.9 Å². The van der Waals surface area contributed by atoms with Gasteiger partial charge in [0.05, 0.1) is 17.0 Å². The van der Waals surface area contributed by atoms with E-state index < -0.39 is 0 Å². The van der Waals surface area contributed by atoms with E-state index in [1.807, 2.05) is 22.9 Å². The summed E-state index contributed by atoms with van der Waals surface area (Å²) < 4.78 is 0. The molecule has 5 nitrogen and oxygen atoms in total. The van der Waals surface area contributed by atoms with Crippen LogP contribution in [0.1, 0.15) is 33.5 Å². The number of amides is 1. The molecule has 3 rings (SSSR count). The zero-order chi connectivity index (χ0) is 16.4. The Balaban J connectivity index is 1.80. The van der Waals surface area contributed by atoms with E-state index in [4.69, 9.17) is 0 Å². The van der Waals surface area contributed by atoms with E-state index in [0.29, 0.717) is 22.1 Å². The SMILES string of the molecule is CC(=O)c1csc(NC(=O)c2ccc(-c3ccsc3)nc2C)n1. The number of hydrogen-bond acceptors (Lipinski definition) is 6. The molecule has 0 bridgehead atoms. The molecule has 0 aliphatic heterocycles. The fourth-order valence-electron chi connectivity index (χ4n) is 2.03. The Labute approximate surface area is 141 Å². The highest BCUT2D eigenvalue weighted by molar-refractivity contribution is 7.14. The van der Waals surface area contributed by atoms with E-state index in [1.54, 1.807) is 29.7 Å². The van der Waals surface area contributed by atoms with Crippen LogP contribution in [0.25, 0.3) is 11.3 Å². The first-order valence-electron chi connectivity index (χ1n) is 6.82. The predicted molar refractivity (Wildman–Crippen MR) is 92.4 cm³/mol. The van der Waals surface area contributed by atoms with Crippen molar-refractivity contribution in [1.29, 1.82) is 0 Å². The topological polar surface area (TPSA) is 72.0 Å². The van der Waals surface area contributed by atoms with Gasteiger partial charge in [-0.25, -0.2) is 4.98 Å². The second kappa shape index (κ2) is 6.39. The van der Waals surface area contributed by atoms with Gasteiger partial charge >= 0.3 is 0 Å². The number of hydrogen-bond donors (Lipinski definition) is 1. The molecule has 0 unspecified atom stereocenters. The van der Waals surface area contributed by atoms with Crippen LogP contribution in [0.5, 0.6) is 0 Å². The summed E-state index contributed by atoms with van der Waals surface area (Å²) in [6.07, 6.45) is 0. The average molecular weight is 343 g/mol. The first-order chi connectivity index (χ1) is 11.0. The lowest BCUT2D eigenvalue weighted by atomic mass is 10.1. The molecule has 0 aliphatic carbocycles. The molecular weight excluding hydrogens is 330 g/mol. The third-order valence-corrected chi connectivity index (χ3v) is 4.67. The maximum Gasteiger partial charge on any atom is 0.259 e. The van der Waals surface area contributed by atoms with Crippen molar-refractivity contribution in [3.8, 4) is 11.3 Å². The molecule has 3 heterocycles. The minimum atomic E-state index is -0.281.